The molecule has 2 heterocycles. The minimum Gasteiger partial charge on any atom is -0.352 e. The van der Waals surface area contributed by atoms with Crippen molar-refractivity contribution in [2.24, 2.45) is 0 Å². The minimum absolute atomic E-state index is 0.0327. The van der Waals surface area contributed by atoms with Crippen LogP contribution in [0.3, 0.4) is 0 Å². The Morgan fingerprint density at radius 1 is 1.10 bits per heavy atom. The highest BCUT2D eigenvalue weighted by atomic mass is 16.2. The molecule has 0 radical (unpaired) electrons. The Kier molecular flexibility index (Phi) is 6.67. The Labute approximate surface area is 178 Å². The molecule has 7 nitrogen and oxygen atoms in total. The Balaban J connectivity index is 1.36. The van der Waals surface area contributed by atoms with Crippen LogP contribution in [0, 0.1) is 0 Å². The Bertz CT molecular complexity index is 890. The smallest absolute Gasteiger partial charge is 0.346 e. The topological polar surface area (TPSA) is 72.2 Å². The number of likely N-dealkylation sites (tertiary alicyclic amines) is 1. The highest BCUT2D eigenvalue weighted by molar-refractivity contribution is 5.78. The van der Waals surface area contributed by atoms with Gasteiger partial charge in [0.15, 0.2) is 0 Å². The number of nitrogens with zero attached hydrogens (tertiary/aromatic N) is 4. The Morgan fingerprint density at radius 2 is 1.80 bits per heavy atom. The predicted octanol–water partition coefficient (Wildman–Crippen LogP) is 2.35. The number of carbonyl (C=O) groups is 1. The van der Waals surface area contributed by atoms with E-state index in [9.17, 15) is 9.59 Å². The van der Waals surface area contributed by atoms with Crippen LogP contribution in [0.4, 0.5) is 0 Å². The van der Waals surface area contributed by atoms with E-state index in [4.69, 9.17) is 5.10 Å². The summed E-state index contributed by atoms with van der Waals surface area (Å²) in [6, 6.07) is 10.4. The van der Waals surface area contributed by atoms with Gasteiger partial charge in [-0.15, -0.1) is 0 Å². The van der Waals surface area contributed by atoms with Crippen LogP contribution in [0.2, 0.25) is 0 Å². The number of rotatable bonds is 7. The first kappa shape index (κ1) is 20.8. The molecule has 4 rings (SSSR count). The largest absolute Gasteiger partial charge is 0.352 e. The number of amides is 1. The maximum absolute atomic E-state index is 12.8. The van der Waals surface area contributed by atoms with Crippen LogP contribution in [0.15, 0.2) is 35.1 Å². The summed E-state index contributed by atoms with van der Waals surface area (Å²) in [6.45, 7) is 5.35. The Hall–Kier alpha value is -2.41. The van der Waals surface area contributed by atoms with Crippen LogP contribution >= 0.6 is 0 Å². The molecule has 0 bridgehead atoms. The molecule has 1 saturated carbocycles. The van der Waals surface area contributed by atoms with E-state index >= 15 is 0 Å². The van der Waals surface area contributed by atoms with Crippen LogP contribution in [0.25, 0.3) is 0 Å². The lowest BCUT2D eigenvalue weighted by molar-refractivity contribution is -0.123. The van der Waals surface area contributed by atoms with Gasteiger partial charge < -0.3 is 5.32 Å². The van der Waals surface area contributed by atoms with Crippen molar-refractivity contribution in [3.8, 4) is 0 Å². The van der Waals surface area contributed by atoms with E-state index in [1.54, 1.807) is 4.68 Å². The standard InChI is InChI=1S/C23H33N5O2/c1-2-27-22(25-28(23(27)30)16-18-8-4-3-5-9-18)19-12-14-26(15-13-19)17-21(29)24-20-10-6-7-11-20/h3-5,8-9,19-20H,2,6-7,10-17H2,1H3,(H,24,29). The van der Waals surface area contributed by atoms with E-state index in [0.29, 0.717) is 25.7 Å². The van der Waals surface area contributed by atoms with Gasteiger partial charge in [0, 0.05) is 18.5 Å². The molecule has 0 spiro atoms. The summed E-state index contributed by atoms with van der Waals surface area (Å²) in [4.78, 5) is 27.4. The van der Waals surface area contributed by atoms with Crippen LogP contribution in [-0.4, -0.2) is 50.8 Å². The summed E-state index contributed by atoms with van der Waals surface area (Å²) in [5.41, 5.74) is 1.05. The lowest BCUT2D eigenvalue weighted by Crippen LogP contribution is -2.44. The molecule has 2 aliphatic rings. The van der Waals surface area contributed by atoms with Crippen molar-refractivity contribution in [2.45, 2.75) is 70.5 Å². The van der Waals surface area contributed by atoms with Gasteiger partial charge in [-0.25, -0.2) is 9.48 Å². The quantitative estimate of drug-likeness (QED) is 0.759. The molecule has 1 aromatic heterocycles. The predicted molar refractivity (Wildman–Crippen MR) is 117 cm³/mol. The molecule has 1 aliphatic carbocycles. The normalized spacial score (nSPS) is 18.7. The summed E-state index contributed by atoms with van der Waals surface area (Å²) in [6.07, 6.45) is 6.55. The third-order valence-corrected chi connectivity index (χ3v) is 6.48. The highest BCUT2D eigenvalue weighted by Crippen LogP contribution is 2.26. The van der Waals surface area contributed by atoms with Gasteiger partial charge in [0.25, 0.3) is 0 Å². The number of nitrogens with one attached hydrogen (secondary N) is 1. The molecular formula is C23H33N5O2. The van der Waals surface area contributed by atoms with Crippen molar-refractivity contribution < 1.29 is 4.79 Å². The maximum atomic E-state index is 12.8. The first-order valence-corrected chi connectivity index (χ1v) is 11.4. The van der Waals surface area contributed by atoms with E-state index in [1.165, 1.54) is 12.8 Å². The van der Waals surface area contributed by atoms with Gasteiger partial charge in [0.05, 0.1) is 13.1 Å². The van der Waals surface area contributed by atoms with Crippen LogP contribution in [0.1, 0.15) is 62.8 Å². The van der Waals surface area contributed by atoms with E-state index in [0.717, 1.165) is 50.2 Å². The molecule has 1 aliphatic heterocycles. The van der Waals surface area contributed by atoms with E-state index in [2.05, 4.69) is 10.2 Å². The third-order valence-electron chi connectivity index (χ3n) is 6.48. The number of benzene rings is 1. The van der Waals surface area contributed by atoms with E-state index < -0.39 is 0 Å². The first-order chi connectivity index (χ1) is 14.6. The summed E-state index contributed by atoms with van der Waals surface area (Å²) >= 11 is 0. The van der Waals surface area contributed by atoms with Gasteiger partial charge in [-0.05, 0) is 51.3 Å². The fraction of sp³-hybridized carbons (Fsp3) is 0.609. The second-order valence-corrected chi connectivity index (χ2v) is 8.63. The monoisotopic (exact) mass is 411 g/mol. The van der Waals surface area contributed by atoms with Crippen molar-refractivity contribution in [1.82, 2.24) is 24.6 Å². The minimum atomic E-state index is -0.0327. The maximum Gasteiger partial charge on any atom is 0.346 e. The highest BCUT2D eigenvalue weighted by Gasteiger charge is 2.27. The number of aromatic nitrogens is 3. The number of hydrogen-bond acceptors (Lipinski definition) is 4. The van der Waals surface area contributed by atoms with Gasteiger partial charge >= 0.3 is 5.69 Å². The first-order valence-electron chi connectivity index (χ1n) is 11.4. The van der Waals surface area contributed by atoms with Crippen LogP contribution in [-0.2, 0) is 17.9 Å². The van der Waals surface area contributed by atoms with Crippen molar-refractivity contribution in [3.05, 3.63) is 52.2 Å². The Morgan fingerprint density at radius 3 is 2.47 bits per heavy atom. The van der Waals surface area contributed by atoms with Gasteiger partial charge in [0.2, 0.25) is 5.91 Å². The number of piperidine rings is 1. The third kappa shape index (κ3) is 4.83. The zero-order valence-electron chi connectivity index (χ0n) is 17.9. The van der Waals surface area contributed by atoms with Crippen molar-refractivity contribution in [3.63, 3.8) is 0 Å². The van der Waals surface area contributed by atoms with Crippen LogP contribution < -0.4 is 11.0 Å². The fourth-order valence-corrected chi connectivity index (χ4v) is 4.81. The fourth-order valence-electron chi connectivity index (χ4n) is 4.81. The van der Waals surface area contributed by atoms with Crippen molar-refractivity contribution in [2.75, 3.05) is 19.6 Å². The molecule has 2 fully saturated rings. The second-order valence-electron chi connectivity index (χ2n) is 8.63. The summed E-state index contributed by atoms with van der Waals surface area (Å²) in [5.74, 6) is 1.32. The molecule has 1 aromatic carbocycles. The summed E-state index contributed by atoms with van der Waals surface area (Å²) < 4.78 is 3.41. The molecule has 7 heteroatoms. The average molecular weight is 412 g/mol. The second kappa shape index (κ2) is 9.60. The zero-order valence-corrected chi connectivity index (χ0v) is 17.9. The molecule has 1 saturated heterocycles. The SMILES string of the molecule is CCn1c(C2CCN(CC(=O)NC3CCCC3)CC2)nn(Cc2ccccc2)c1=O. The number of hydrogen-bond donors (Lipinski definition) is 1. The number of carbonyl (C=O) groups excluding carboxylic acids is 1. The lowest BCUT2D eigenvalue weighted by Gasteiger charge is -2.31. The molecule has 0 atom stereocenters. The molecule has 2 aromatic rings. The molecule has 0 unspecified atom stereocenters. The van der Waals surface area contributed by atoms with Gasteiger partial charge in [-0.2, -0.15) is 5.10 Å². The zero-order chi connectivity index (χ0) is 20.9. The van der Waals surface area contributed by atoms with Gasteiger partial charge in [-0.3, -0.25) is 14.3 Å². The van der Waals surface area contributed by atoms with E-state index in [1.807, 2.05) is 41.8 Å². The average Bonchev–Trinajstić information content (AvgIpc) is 3.37. The summed E-state index contributed by atoms with van der Waals surface area (Å²) in [7, 11) is 0. The molecule has 162 valence electrons. The van der Waals surface area contributed by atoms with Gasteiger partial charge in [0.1, 0.15) is 5.82 Å². The van der Waals surface area contributed by atoms with E-state index in [-0.39, 0.29) is 17.5 Å². The molecular weight excluding hydrogens is 378 g/mol. The molecule has 1 N–H and O–H groups in total. The van der Waals surface area contributed by atoms with Gasteiger partial charge in [-0.1, -0.05) is 43.2 Å². The van der Waals surface area contributed by atoms with Crippen molar-refractivity contribution >= 4 is 5.91 Å². The summed E-state index contributed by atoms with van der Waals surface area (Å²) in [5, 5.41) is 7.90. The lowest BCUT2D eigenvalue weighted by atomic mass is 9.96. The van der Waals surface area contributed by atoms with Crippen LogP contribution in [0.5, 0.6) is 0 Å². The molecule has 30 heavy (non-hydrogen) atoms. The van der Waals surface area contributed by atoms with Crippen molar-refractivity contribution in [1.29, 1.82) is 0 Å². The molecule has 1 amide bonds.